The van der Waals surface area contributed by atoms with E-state index in [4.69, 9.17) is 16.0 Å². The van der Waals surface area contributed by atoms with Crippen LogP contribution in [0.25, 0.3) is 11.0 Å². The lowest BCUT2D eigenvalue weighted by atomic mass is 9.85. The third-order valence-electron chi connectivity index (χ3n) is 4.44. The molecule has 2 aliphatic rings. The van der Waals surface area contributed by atoms with Crippen molar-refractivity contribution in [3.05, 3.63) is 35.0 Å². The highest BCUT2D eigenvalue weighted by molar-refractivity contribution is 6.31. The Morgan fingerprint density at radius 2 is 1.95 bits per heavy atom. The molecule has 2 atom stereocenters. The zero-order chi connectivity index (χ0) is 13.0. The van der Waals surface area contributed by atoms with Crippen molar-refractivity contribution in [3.63, 3.8) is 0 Å². The van der Waals surface area contributed by atoms with Crippen LogP contribution in [-0.4, -0.2) is 17.2 Å². The fourth-order valence-electron chi connectivity index (χ4n) is 3.57. The van der Waals surface area contributed by atoms with E-state index in [1.165, 1.54) is 0 Å². The molecule has 2 aromatic rings. The maximum absolute atomic E-state index is 10.9. The van der Waals surface area contributed by atoms with Crippen LogP contribution in [0.15, 0.2) is 28.7 Å². The van der Waals surface area contributed by atoms with Crippen LogP contribution in [0.1, 0.15) is 31.4 Å². The Labute approximate surface area is 116 Å². The number of piperidine rings is 1. The molecule has 1 aromatic heterocycles. The molecule has 2 fully saturated rings. The minimum atomic E-state index is -0.831. The lowest BCUT2D eigenvalue weighted by Crippen LogP contribution is -2.46. The van der Waals surface area contributed by atoms with Gasteiger partial charge in [0.1, 0.15) is 16.9 Å². The Kier molecular flexibility index (Phi) is 2.47. The molecule has 2 N–H and O–H groups in total. The molecule has 0 spiro atoms. The number of aliphatic hydroxyl groups is 1. The molecule has 0 aliphatic carbocycles. The summed E-state index contributed by atoms with van der Waals surface area (Å²) < 4.78 is 5.85. The summed E-state index contributed by atoms with van der Waals surface area (Å²) in [6.07, 6.45) is 3.77. The van der Waals surface area contributed by atoms with Gasteiger partial charge in [0.15, 0.2) is 0 Å². The Bertz CT molecular complexity index is 624. The molecule has 2 bridgehead atoms. The van der Waals surface area contributed by atoms with Crippen LogP contribution < -0.4 is 5.32 Å². The topological polar surface area (TPSA) is 45.4 Å². The average Bonchev–Trinajstić information content (AvgIpc) is 2.93. The Balaban J connectivity index is 1.76. The summed E-state index contributed by atoms with van der Waals surface area (Å²) in [7, 11) is 0. The van der Waals surface area contributed by atoms with Crippen molar-refractivity contribution in [1.29, 1.82) is 0 Å². The zero-order valence-corrected chi connectivity index (χ0v) is 11.3. The molecule has 2 unspecified atom stereocenters. The lowest BCUT2D eigenvalue weighted by molar-refractivity contribution is -0.0285. The predicted octanol–water partition coefficient (Wildman–Crippen LogP) is 3.19. The van der Waals surface area contributed by atoms with E-state index in [0.29, 0.717) is 22.9 Å². The summed E-state index contributed by atoms with van der Waals surface area (Å²) >= 11 is 5.99. The van der Waals surface area contributed by atoms with E-state index in [1.54, 1.807) is 0 Å². The summed E-state index contributed by atoms with van der Waals surface area (Å²) in [5, 5.41) is 16.1. The number of nitrogens with one attached hydrogen (secondary N) is 1. The van der Waals surface area contributed by atoms with Gasteiger partial charge in [0.05, 0.1) is 0 Å². The minimum Gasteiger partial charge on any atom is -0.458 e. The van der Waals surface area contributed by atoms with Crippen molar-refractivity contribution in [3.8, 4) is 0 Å². The molecule has 3 heterocycles. The van der Waals surface area contributed by atoms with E-state index in [1.807, 2.05) is 24.3 Å². The van der Waals surface area contributed by atoms with Crippen LogP contribution in [0, 0.1) is 0 Å². The number of furan rings is 1. The molecule has 2 aliphatic heterocycles. The predicted molar refractivity (Wildman–Crippen MR) is 74.3 cm³/mol. The van der Waals surface area contributed by atoms with Gasteiger partial charge in [-0.2, -0.15) is 0 Å². The quantitative estimate of drug-likeness (QED) is 0.841. The van der Waals surface area contributed by atoms with Gasteiger partial charge in [-0.3, -0.25) is 0 Å². The summed E-state index contributed by atoms with van der Waals surface area (Å²) in [5.74, 6) is 0.683. The second-order valence-electron chi connectivity index (χ2n) is 5.87. The normalized spacial score (nSPS) is 34.0. The van der Waals surface area contributed by atoms with Crippen molar-refractivity contribution in [2.24, 2.45) is 0 Å². The van der Waals surface area contributed by atoms with Gasteiger partial charge in [0.25, 0.3) is 0 Å². The van der Waals surface area contributed by atoms with E-state index in [0.717, 1.165) is 36.7 Å². The second kappa shape index (κ2) is 3.98. The van der Waals surface area contributed by atoms with E-state index in [-0.39, 0.29) is 0 Å². The monoisotopic (exact) mass is 277 g/mol. The van der Waals surface area contributed by atoms with Crippen LogP contribution in [0.5, 0.6) is 0 Å². The molecule has 4 heteroatoms. The van der Waals surface area contributed by atoms with E-state index < -0.39 is 5.60 Å². The van der Waals surface area contributed by atoms with Crippen LogP contribution in [0.2, 0.25) is 5.02 Å². The first-order chi connectivity index (χ1) is 9.12. The van der Waals surface area contributed by atoms with Gasteiger partial charge in [0, 0.05) is 22.5 Å². The van der Waals surface area contributed by atoms with Gasteiger partial charge in [-0.05, 0) is 49.9 Å². The van der Waals surface area contributed by atoms with Crippen molar-refractivity contribution in [1.82, 2.24) is 5.32 Å². The first-order valence-corrected chi connectivity index (χ1v) is 7.18. The molecular formula is C15H16ClNO2. The smallest absolute Gasteiger partial charge is 0.137 e. The van der Waals surface area contributed by atoms with E-state index >= 15 is 0 Å². The number of halogens is 1. The molecule has 0 amide bonds. The number of fused-ring (bicyclic) bond motifs is 3. The lowest BCUT2D eigenvalue weighted by Gasteiger charge is -2.35. The minimum absolute atomic E-state index is 0.417. The highest BCUT2D eigenvalue weighted by Crippen LogP contribution is 2.42. The van der Waals surface area contributed by atoms with Crippen molar-refractivity contribution >= 4 is 22.6 Å². The molecule has 0 radical (unpaired) electrons. The summed E-state index contributed by atoms with van der Waals surface area (Å²) in [6, 6.07) is 8.32. The maximum Gasteiger partial charge on any atom is 0.137 e. The molecule has 100 valence electrons. The SMILES string of the molecule is OC1(c2cc3cc(Cl)ccc3o2)CC2CCC(C1)N2. The van der Waals surface area contributed by atoms with Crippen LogP contribution in [0.4, 0.5) is 0 Å². The summed E-state index contributed by atoms with van der Waals surface area (Å²) in [5.41, 5.74) is -0.0403. The van der Waals surface area contributed by atoms with E-state index in [9.17, 15) is 5.11 Å². The van der Waals surface area contributed by atoms with Crippen molar-refractivity contribution in [2.75, 3.05) is 0 Å². The number of rotatable bonds is 1. The molecule has 0 saturated carbocycles. The first kappa shape index (κ1) is 11.8. The second-order valence-corrected chi connectivity index (χ2v) is 6.31. The highest BCUT2D eigenvalue weighted by atomic mass is 35.5. The van der Waals surface area contributed by atoms with Gasteiger partial charge in [-0.15, -0.1) is 0 Å². The summed E-state index contributed by atoms with van der Waals surface area (Å²) in [6.45, 7) is 0. The molecule has 4 rings (SSSR count). The molecule has 3 nitrogen and oxygen atoms in total. The number of hydrogen-bond donors (Lipinski definition) is 2. The average molecular weight is 278 g/mol. The fraction of sp³-hybridized carbons (Fsp3) is 0.467. The Morgan fingerprint density at radius 3 is 2.68 bits per heavy atom. The van der Waals surface area contributed by atoms with Crippen molar-refractivity contribution in [2.45, 2.75) is 43.4 Å². The third kappa shape index (κ3) is 1.88. The van der Waals surface area contributed by atoms with Crippen molar-refractivity contribution < 1.29 is 9.52 Å². The van der Waals surface area contributed by atoms with Crippen LogP contribution in [0.3, 0.4) is 0 Å². The number of benzene rings is 1. The summed E-state index contributed by atoms with van der Waals surface area (Å²) in [4.78, 5) is 0. The molecular weight excluding hydrogens is 262 g/mol. The standard InChI is InChI=1S/C15H16ClNO2/c16-10-1-4-13-9(5-10)6-14(19-13)15(18)7-11-2-3-12(8-15)17-11/h1,4-6,11-12,17-18H,2-3,7-8H2. The van der Waals surface area contributed by atoms with Gasteiger partial charge in [-0.1, -0.05) is 11.6 Å². The van der Waals surface area contributed by atoms with Gasteiger partial charge < -0.3 is 14.8 Å². The molecule has 2 saturated heterocycles. The largest absolute Gasteiger partial charge is 0.458 e. The maximum atomic E-state index is 10.9. The fourth-order valence-corrected chi connectivity index (χ4v) is 3.75. The third-order valence-corrected chi connectivity index (χ3v) is 4.68. The first-order valence-electron chi connectivity index (χ1n) is 6.80. The Morgan fingerprint density at radius 1 is 1.21 bits per heavy atom. The van der Waals surface area contributed by atoms with Gasteiger partial charge >= 0.3 is 0 Å². The van der Waals surface area contributed by atoms with Gasteiger partial charge in [-0.25, -0.2) is 0 Å². The van der Waals surface area contributed by atoms with Crippen LogP contribution >= 0.6 is 11.6 Å². The van der Waals surface area contributed by atoms with Crippen LogP contribution in [-0.2, 0) is 5.60 Å². The van der Waals surface area contributed by atoms with Gasteiger partial charge in [0.2, 0.25) is 0 Å². The number of hydrogen-bond acceptors (Lipinski definition) is 3. The Hall–Kier alpha value is -1.03. The molecule has 1 aromatic carbocycles. The molecule has 19 heavy (non-hydrogen) atoms. The zero-order valence-electron chi connectivity index (χ0n) is 10.5. The van der Waals surface area contributed by atoms with E-state index in [2.05, 4.69) is 5.32 Å². The highest BCUT2D eigenvalue weighted by Gasteiger charge is 2.45.